The average molecular weight is 456 g/mol. The molecule has 34 heavy (non-hydrogen) atoms. The summed E-state index contributed by atoms with van der Waals surface area (Å²) in [4.78, 5) is 27.5. The van der Waals surface area contributed by atoms with Gasteiger partial charge in [0, 0.05) is 36.0 Å². The molecule has 2 aromatic carbocycles. The quantitative estimate of drug-likeness (QED) is 0.428. The van der Waals surface area contributed by atoms with Gasteiger partial charge in [0.25, 0.3) is 5.91 Å². The topological polar surface area (TPSA) is 83.1 Å². The zero-order valence-corrected chi connectivity index (χ0v) is 19.4. The Hall–Kier alpha value is -3.71. The van der Waals surface area contributed by atoms with Crippen LogP contribution in [0.2, 0.25) is 0 Å². The summed E-state index contributed by atoms with van der Waals surface area (Å²) in [5.41, 5.74) is 5.17. The van der Waals surface area contributed by atoms with Gasteiger partial charge in [0.1, 0.15) is 11.6 Å². The van der Waals surface area contributed by atoms with Gasteiger partial charge < -0.3 is 19.9 Å². The third-order valence-corrected chi connectivity index (χ3v) is 6.38. The Morgan fingerprint density at radius 1 is 1.00 bits per heavy atom. The average Bonchev–Trinajstić information content (AvgIpc) is 3.34. The number of hydrogen-bond acceptors (Lipinski definition) is 5. The molecule has 174 valence electrons. The van der Waals surface area contributed by atoms with Crippen LogP contribution in [-0.4, -0.2) is 59.0 Å². The van der Waals surface area contributed by atoms with Crippen LogP contribution >= 0.6 is 0 Å². The second-order valence-corrected chi connectivity index (χ2v) is 8.61. The van der Waals surface area contributed by atoms with E-state index in [9.17, 15) is 4.79 Å². The fourth-order valence-corrected chi connectivity index (χ4v) is 4.45. The number of hydrogen-bond donors (Lipinski definition) is 2. The predicted octanol–water partition coefficient (Wildman–Crippen LogP) is 4.52. The van der Waals surface area contributed by atoms with Crippen LogP contribution in [0.25, 0.3) is 33.7 Å². The maximum absolute atomic E-state index is 12.6. The maximum Gasteiger partial charge on any atom is 0.251 e. The molecule has 1 fully saturated rings. The monoisotopic (exact) mass is 455 g/mol. The fraction of sp³-hybridized carbons (Fsp3) is 0.296. The standard InChI is InChI=1S/C27H29N5O2/c1-34-22-11-9-19(10-12-22)23-13-14-28-26-24(23)30-25(31-26)20-5-7-21(8-6-20)27(33)29-15-18-32-16-3-2-4-17-32/h5-14H,2-4,15-18H2,1H3,(H,29,33)(H,28,30,31). The van der Waals surface area contributed by atoms with E-state index in [0.717, 1.165) is 53.4 Å². The molecule has 1 amide bonds. The zero-order chi connectivity index (χ0) is 23.3. The fourth-order valence-electron chi connectivity index (χ4n) is 4.45. The predicted molar refractivity (Wildman–Crippen MR) is 134 cm³/mol. The third kappa shape index (κ3) is 4.79. The molecule has 7 heteroatoms. The summed E-state index contributed by atoms with van der Waals surface area (Å²) in [6.45, 7) is 3.85. The molecule has 1 saturated heterocycles. The van der Waals surface area contributed by atoms with E-state index in [1.165, 1.54) is 19.3 Å². The molecule has 4 aromatic rings. The molecule has 7 nitrogen and oxygen atoms in total. The molecule has 5 rings (SSSR count). The highest BCUT2D eigenvalue weighted by atomic mass is 16.5. The second kappa shape index (κ2) is 10.1. The molecule has 0 radical (unpaired) electrons. The molecule has 0 saturated carbocycles. The molecule has 3 heterocycles. The van der Waals surface area contributed by atoms with Crippen molar-refractivity contribution in [2.45, 2.75) is 19.3 Å². The molecule has 1 aliphatic heterocycles. The zero-order valence-electron chi connectivity index (χ0n) is 19.4. The molecular weight excluding hydrogens is 426 g/mol. The van der Waals surface area contributed by atoms with Crippen LogP contribution in [0.4, 0.5) is 0 Å². The van der Waals surface area contributed by atoms with E-state index in [0.29, 0.717) is 17.8 Å². The Morgan fingerprint density at radius 3 is 2.47 bits per heavy atom. The number of amides is 1. The number of nitrogens with zero attached hydrogens (tertiary/aromatic N) is 3. The lowest BCUT2D eigenvalue weighted by atomic mass is 10.1. The molecular formula is C27H29N5O2. The number of aromatic amines is 1. The van der Waals surface area contributed by atoms with Crippen molar-refractivity contribution in [3.63, 3.8) is 0 Å². The number of piperidine rings is 1. The van der Waals surface area contributed by atoms with Gasteiger partial charge in [0.05, 0.1) is 12.6 Å². The summed E-state index contributed by atoms with van der Waals surface area (Å²) in [5.74, 6) is 1.49. The van der Waals surface area contributed by atoms with E-state index in [4.69, 9.17) is 4.74 Å². The largest absolute Gasteiger partial charge is 0.497 e. The number of ether oxygens (including phenoxy) is 1. The van der Waals surface area contributed by atoms with Gasteiger partial charge in [-0.2, -0.15) is 0 Å². The summed E-state index contributed by atoms with van der Waals surface area (Å²) < 4.78 is 5.27. The normalized spacial score (nSPS) is 14.3. The van der Waals surface area contributed by atoms with Crippen molar-refractivity contribution in [2.24, 2.45) is 0 Å². The Kier molecular flexibility index (Phi) is 6.53. The van der Waals surface area contributed by atoms with Gasteiger partial charge in [-0.15, -0.1) is 0 Å². The van der Waals surface area contributed by atoms with Crippen molar-refractivity contribution in [1.82, 2.24) is 25.2 Å². The van der Waals surface area contributed by atoms with E-state index in [2.05, 4.69) is 25.2 Å². The number of likely N-dealkylation sites (tertiary alicyclic amines) is 1. The highest BCUT2D eigenvalue weighted by Gasteiger charge is 2.13. The Labute approximate surface area is 199 Å². The molecule has 0 aliphatic carbocycles. The van der Waals surface area contributed by atoms with Crippen LogP contribution in [0.15, 0.2) is 60.8 Å². The van der Waals surface area contributed by atoms with Gasteiger partial charge in [-0.25, -0.2) is 9.97 Å². The number of rotatable bonds is 7. The summed E-state index contributed by atoms with van der Waals surface area (Å²) >= 11 is 0. The van der Waals surface area contributed by atoms with Crippen LogP contribution < -0.4 is 10.1 Å². The molecule has 0 bridgehead atoms. The van der Waals surface area contributed by atoms with E-state index in [-0.39, 0.29) is 5.91 Å². The summed E-state index contributed by atoms with van der Waals surface area (Å²) in [5, 5.41) is 3.04. The highest BCUT2D eigenvalue weighted by molar-refractivity contribution is 5.95. The van der Waals surface area contributed by atoms with Crippen molar-refractivity contribution < 1.29 is 9.53 Å². The molecule has 0 spiro atoms. The third-order valence-electron chi connectivity index (χ3n) is 6.38. The number of pyridine rings is 1. The molecule has 0 unspecified atom stereocenters. The summed E-state index contributed by atoms with van der Waals surface area (Å²) in [6, 6.07) is 17.4. The first-order valence-corrected chi connectivity index (χ1v) is 11.8. The van der Waals surface area contributed by atoms with Gasteiger partial charge in [0.2, 0.25) is 0 Å². The van der Waals surface area contributed by atoms with Gasteiger partial charge in [0.15, 0.2) is 5.65 Å². The van der Waals surface area contributed by atoms with Crippen molar-refractivity contribution in [3.05, 3.63) is 66.4 Å². The second-order valence-electron chi connectivity index (χ2n) is 8.61. The lowest BCUT2D eigenvalue weighted by Crippen LogP contribution is -2.37. The SMILES string of the molecule is COc1ccc(-c2ccnc3nc(-c4ccc(C(=O)NCCN5CCCCC5)cc4)[nH]c23)cc1. The number of H-pyrrole nitrogens is 1. The minimum absolute atomic E-state index is 0.0448. The molecule has 2 N–H and O–H groups in total. The number of aromatic nitrogens is 3. The van der Waals surface area contributed by atoms with Crippen LogP contribution in [0.1, 0.15) is 29.6 Å². The lowest BCUT2D eigenvalue weighted by molar-refractivity contribution is 0.0946. The lowest BCUT2D eigenvalue weighted by Gasteiger charge is -2.26. The van der Waals surface area contributed by atoms with Crippen LogP contribution in [0, 0.1) is 0 Å². The van der Waals surface area contributed by atoms with Gasteiger partial charge in [-0.05, 0) is 61.8 Å². The number of methoxy groups -OCH3 is 1. The Bertz CT molecular complexity index is 1260. The Morgan fingerprint density at radius 2 is 1.74 bits per heavy atom. The van der Waals surface area contributed by atoms with Crippen LogP contribution in [0.3, 0.4) is 0 Å². The minimum atomic E-state index is -0.0448. The summed E-state index contributed by atoms with van der Waals surface area (Å²) in [6.07, 6.45) is 5.60. The number of benzene rings is 2. The number of imidazole rings is 1. The number of carbonyl (C=O) groups excluding carboxylic acids is 1. The smallest absolute Gasteiger partial charge is 0.251 e. The summed E-state index contributed by atoms with van der Waals surface area (Å²) in [7, 11) is 1.66. The highest BCUT2D eigenvalue weighted by Crippen LogP contribution is 2.29. The minimum Gasteiger partial charge on any atom is -0.497 e. The Balaban J connectivity index is 1.29. The van der Waals surface area contributed by atoms with Gasteiger partial charge in [-0.1, -0.05) is 30.7 Å². The van der Waals surface area contributed by atoms with E-state index in [1.807, 2.05) is 54.6 Å². The maximum atomic E-state index is 12.6. The number of carbonyl (C=O) groups is 1. The van der Waals surface area contributed by atoms with E-state index < -0.39 is 0 Å². The number of nitrogens with one attached hydrogen (secondary N) is 2. The van der Waals surface area contributed by atoms with Crippen LogP contribution in [0.5, 0.6) is 5.75 Å². The molecule has 0 atom stereocenters. The first-order valence-electron chi connectivity index (χ1n) is 11.8. The van der Waals surface area contributed by atoms with Crippen LogP contribution in [-0.2, 0) is 0 Å². The van der Waals surface area contributed by atoms with E-state index in [1.54, 1.807) is 13.3 Å². The van der Waals surface area contributed by atoms with Crippen molar-refractivity contribution in [2.75, 3.05) is 33.3 Å². The van der Waals surface area contributed by atoms with Crippen molar-refractivity contribution in [3.8, 4) is 28.3 Å². The van der Waals surface area contributed by atoms with Crippen molar-refractivity contribution in [1.29, 1.82) is 0 Å². The first-order chi connectivity index (χ1) is 16.7. The molecule has 2 aromatic heterocycles. The molecule has 1 aliphatic rings. The van der Waals surface area contributed by atoms with Crippen molar-refractivity contribution >= 4 is 17.1 Å². The van der Waals surface area contributed by atoms with Gasteiger partial charge in [-0.3, -0.25) is 4.79 Å². The van der Waals surface area contributed by atoms with Gasteiger partial charge >= 0.3 is 0 Å². The van der Waals surface area contributed by atoms with E-state index >= 15 is 0 Å². The number of fused-ring (bicyclic) bond motifs is 1. The first kappa shape index (κ1) is 22.1.